The van der Waals surface area contributed by atoms with Crippen molar-refractivity contribution in [2.24, 2.45) is 7.05 Å². The highest BCUT2D eigenvalue weighted by Crippen LogP contribution is 2.19. The summed E-state index contributed by atoms with van der Waals surface area (Å²) in [5.41, 5.74) is 3.31. The fraction of sp³-hybridized carbons (Fsp3) is 0.600. The van der Waals surface area contributed by atoms with Crippen LogP contribution >= 0.6 is 12.4 Å². The van der Waals surface area contributed by atoms with Gasteiger partial charge in [0.05, 0.1) is 5.69 Å². The molecular weight excluding hydrogens is 286 g/mol. The zero-order chi connectivity index (χ0) is 14.1. The predicted molar refractivity (Wildman–Crippen MR) is 87.9 cm³/mol. The molecule has 1 atom stereocenters. The number of aryl methyl sites for hydroxylation is 2. The Balaban J connectivity index is 0.00000161. The van der Waals surface area contributed by atoms with Crippen LogP contribution in [0.15, 0.2) is 12.3 Å². The summed E-state index contributed by atoms with van der Waals surface area (Å²) >= 11 is 0. The molecule has 116 valence electrons. The van der Waals surface area contributed by atoms with E-state index in [9.17, 15) is 0 Å². The minimum Gasteiger partial charge on any atom is -0.316 e. The third kappa shape index (κ3) is 3.36. The number of nitrogens with one attached hydrogen (secondary N) is 1. The molecule has 1 N–H and O–H groups in total. The average Bonchev–Trinajstić information content (AvgIpc) is 2.74. The van der Waals surface area contributed by atoms with E-state index in [-0.39, 0.29) is 12.4 Å². The average molecular weight is 310 g/mol. The van der Waals surface area contributed by atoms with Gasteiger partial charge in [-0.2, -0.15) is 5.10 Å². The highest BCUT2D eigenvalue weighted by atomic mass is 35.5. The van der Waals surface area contributed by atoms with Gasteiger partial charge in [0.25, 0.3) is 0 Å². The molecule has 0 aliphatic carbocycles. The summed E-state index contributed by atoms with van der Waals surface area (Å²) < 4.78 is 1.85. The standard InChI is InChI=1S/C15H23N5.ClH/c1-11-14-7-12(8-17-15(14)19(3)18-11)9-20-6-4-5-13(10-20)16-2;/h7-8,13,16H,4-6,9-10H2,1-3H3;1H. The van der Waals surface area contributed by atoms with Crippen molar-refractivity contribution in [2.75, 3.05) is 20.1 Å². The molecule has 5 nitrogen and oxygen atoms in total. The van der Waals surface area contributed by atoms with E-state index in [1.54, 1.807) is 0 Å². The lowest BCUT2D eigenvalue weighted by molar-refractivity contribution is 0.188. The van der Waals surface area contributed by atoms with Gasteiger partial charge >= 0.3 is 0 Å². The van der Waals surface area contributed by atoms with Crippen LogP contribution in [-0.2, 0) is 13.6 Å². The highest BCUT2D eigenvalue weighted by molar-refractivity contribution is 5.85. The Hall–Kier alpha value is -1.17. The van der Waals surface area contributed by atoms with E-state index >= 15 is 0 Å². The van der Waals surface area contributed by atoms with Crippen LogP contribution < -0.4 is 5.32 Å². The van der Waals surface area contributed by atoms with Crippen LogP contribution in [-0.4, -0.2) is 45.8 Å². The number of fused-ring (bicyclic) bond motifs is 1. The van der Waals surface area contributed by atoms with Gasteiger partial charge in [0.15, 0.2) is 5.65 Å². The van der Waals surface area contributed by atoms with Crippen LogP contribution in [0.5, 0.6) is 0 Å². The molecule has 2 aromatic rings. The van der Waals surface area contributed by atoms with E-state index in [2.05, 4.69) is 33.4 Å². The van der Waals surface area contributed by atoms with Gasteiger partial charge in [-0.05, 0) is 45.0 Å². The first-order valence-electron chi connectivity index (χ1n) is 7.35. The molecule has 0 bridgehead atoms. The fourth-order valence-electron chi connectivity index (χ4n) is 3.13. The Labute approximate surface area is 132 Å². The first-order chi connectivity index (χ1) is 9.67. The second-order valence-electron chi connectivity index (χ2n) is 5.79. The van der Waals surface area contributed by atoms with Gasteiger partial charge in [-0.15, -0.1) is 12.4 Å². The number of pyridine rings is 1. The van der Waals surface area contributed by atoms with Crippen molar-refractivity contribution in [2.45, 2.75) is 32.4 Å². The molecule has 0 saturated carbocycles. The second kappa shape index (κ2) is 6.73. The Morgan fingerprint density at radius 3 is 3.00 bits per heavy atom. The lowest BCUT2D eigenvalue weighted by Gasteiger charge is -2.32. The number of rotatable bonds is 3. The van der Waals surface area contributed by atoms with Crippen molar-refractivity contribution >= 4 is 23.4 Å². The third-order valence-corrected chi connectivity index (χ3v) is 4.24. The van der Waals surface area contributed by atoms with Crippen LogP contribution in [0.1, 0.15) is 24.1 Å². The number of likely N-dealkylation sites (tertiary alicyclic amines) is 1. The third-order valence-electron chi connectivity index (χ3n) is 4.24. The first-order valence-corrected chi connectivity index (χ1v) is 7.35. The lowest BCUT2D eigenvalue weighted by Crippen LogP contribution is -2.43. The molecule has 0 aromatic carbocycles. The molecule has 1 fully saturated rings. The molecule has 1 saturated heterocycles. The predicted octanol–water partition coefficient (Wildman–Crippen LogP) is 1.88. The number of likely N-dealkylation sites (N-methyl/N-ethyl adjacent to an activating group) is 1. The summed E-state index contributed by atoms with van der Waals surface area (Å²) in [7, 11) is 4.00. The quantitative estimate of drug-likeness (QED) is 0.940. The minimum atomic E-state index is 0. The summed E-state index contributed by atoms with van der Waals surface area (Å²) in [4.78, 5) is 7.08. The molecule has 3 rings (SSSR count). The van der Waals surface area contributed by atoms with Crippen LogP contribution in [0.3, 0.4) is 0 Å². The van der Waals surface area contributed by atoms with Gasteiger partial charge < -0.3 is 5.32 Å². The molecule has 0 amide bonds. The van der Waals surface area contributed by atoms with Gasteiger partial charge in [-0.25, -0.2) is 4.98 Å². The Kier molecular flexibility index (Phi) is 5.19. The van der Waals surface area contributed by atoms with E-state index in [0.29, 0.717) is 6.04 Å². The fourth-order valence-corrected chi connectivity index (χ4v) is 3.13. The summed E-state index contributed by atoms with van der Waals surface area (Å²) in [6.45, 7) is 5.34. The minimum absolute atomic E-state index is 0. The van der Waals surface area contributed by atoms with Crippen LogP contribution in [0, 0.1) is 6.92 Å². The number of aromatic nitrogens is 3. The second-order valence-corrected chi connectivity index (χ2v) is 5.79. The molecule has 3 heterocycles. The Morgan fingerprint density at radius 2 is 2.24 bits per heavy atom. The maximum atomic E-state index is 4.56. The van der Waals surface area contributed by atoms with E-state index in [1.165, 1.54) is 30.3 Å². The zero-order valence-electron chi connectivity index (χ0n) is 13.0. The molecule has 0 radical (unpaired) electrons. The summed E-state index contributed by atoms with van der Waals surface area (Å²) in [6.07, 6.45) is 4.55. The Morgan fingerprint density at radius 1 is 1.43 bits per heavy atom. The molecule has 21 heavy (non-hydrogen) atoms. The normalized spacial score (nSPS) is 19.7. The first kappa shape index (κ1) is 16.2. The molecule has 1 aliphatic heterocycles. The van der Waals surface area contributed by atoms with Crippen LogP contribution in [0.2, 0.25) is 0 Å². The smallest absolute Gasteiger partial charge is 0.157 e. The van der Waals surface area contributed by atoms with Crippen molar-refractivity contribution in [1.29, 1.82) is 0 Å². The largest absolute Gasteiger partial charge is 0.316 e. The number of piperidine rings is 1. The van der Waals surface area contributed by atoms with E-state index in [4.69, 9.17) is 0 Å². The molecule has 1 unspecified atom stereocenters. The summed E-state index contributed by atoms with van der Waals surface area (Å²) in [6, 6.07) is 2.87. The molecule has 6 heteroatoms. The zero-order valence-corrected chi connectivity index (χ0v) is 13.8. The Bertz CT molecular complexity index is 609. The van der Waals surface area contributed by atoms with Crippen molar-refractivity contribution in [3.8, 4) is 0 Å². The maximum Gasteiger partial charge on any atom is 0.157 e. The summed E-state index contributed by atoms with van der Waals surface area (Å²) in [5, 5.41) is 9.00. The van der Waals surface area contributed by atoms with E-state index in [0.717, 1.165) is 24.4 Å². The van der Waals surface area contributed by atoms with E-state index < -0.39 is 0 Å². The van der Waals surface area contributed by atoms with Crippen molar-refractivity contribution < 1.29 is 0 Å². The molecule has 0 spiro atoms. The van der Waals surface area contributed by atoms with Gasteiger partial charge in [0.1, 0.15) is 0 Å². The van der Waals surface area contributed by atoms with Crippen molar-refractivity contribution in [3.63, 3.8) is 0 Å². The van der Waals surface area contributed by atoms with Crippen LogP contribution in [0.4, 0.5) is 0 Å². The molecule has 1 aliphatic rings. The topological polar surface area (TPSA) is 46.0 Å². The van der Waals surface area contributed by atoms with E-state index in [1.807, 2.05) is 24.9 Å². The van der Waals surface area contributed by atoms with Gasteiger partial charge in [-0.3, -0.25) is 9.58 Å². The molecular formula is C15H24ClN5. The number of nitrogens with zero attached hydrogens (tertiary/aromatic N) is 4. The SMILES string of the molecule is CNC1CCCN(Cc2cnc3c(c2)c(C)nn3C)C1.Cl. The van der Waals surface area contributed by atoms with Gasteiger partial charge in [0, 0.05) is 37.8 Å². The summed E-state index contributed by atoms with van der Waals surface area (Å²) in [5.74, 6) is 0. The number of halogens is 1. The highest BCUT2D eigenvalue weighted by Gasteiger charge is 2.18. The van der Waals surface area contributed by atoms with Crippen molar-refractivity contribution in [1.82, 2.24) is 25.0 Å². The van der Waals surface area contributed by atoms with Gasteiger partial charge in [-0.1, -0.05) is 0 Å². The molecule has 2 aromatic heterocycles. The van der Waals surface area contributed by atoms with Gasteiger partial charge in [0.2, 0.25) is 0 Å². The van der Waals surface area contributed by atoms with Crippen LogP contribution in [0.25, 0.3) is 11.0 Å². The lowest BCUT2D eigenvalue weighted by atomic mass is 10.1. The monoisotopic (exact) mass is 309 g/mol. The van der Waals surface area contributed by atoms with Crippen molar-refractivity contribution in [3.05, 3.63) is 23.5 Å². The number of hydrogen-bond donors (Lipinski definition) is 1. The maximum absolute atomic E-state index is 4.56. The number of hydrogen-bond acceptors (Lipinski definition) is 4.